The second kappa shape index (κ2) is 7.31. The van der Waals surface area contributed by atoms with E-state index in [4.69, 9.17) is 9.15 Å². The smallest absolute Gasteiger partial charge is 0.223 e. The minimum Gasteiger partial charge on any atom is -0.441 e. The molecule has 0 bridgehead atoms. The monoisotopic (exact) mass is 350 g/mol. The van der Waals surface area contributed by atoms with Gasteiger partial charge in [-0.1, -0.05) is 6.07 Å². The molecule has 3 rings (SSSR count). The Kier molecular flexibility index (Phi) is 5.13. The van der Waals surface area contributed by atoms with E-state index >= 15 is 0 Å². The highest BCUT2D eigenvalue weighted by atomic mass is 19.1. The van der Waals surface area contributed by atoms with Crippen molar-refractivity contribution in [3.63, 3.8) is 0 Å². The number of carbonyl (C=O) groups excluding carboxylic acids is 1. The van der Waals surface area contributed by atoms with Crippen LogP contribution in [0.15, 0.2) is 28.8 Å². The molecule has 0 aliphatic carbocycles. The summed E-state index contributed by atoms with van der Waals surface area (Å²) in [6.45, 7) is 4.97. The number of morpholine rings is 1. The van der Waals surface area contributed by atoms with Crippen molar-refractivity contribution in [3.8, 4) is 11.3 Å². The van der Waals surface area contributed by atoms with Gasteiger partial charge in [-0.15, -0.1) is 0 Å². The number of oxazole rings is 1. The van der Waals surface area contributed by atoms with Gasteiger partial charge in [0.05, 0.1) is 24.0 Å². The Bertz CT molecular complexity index is 732. The maximum absolute atomic E-state index is 13.8. The topological polar surface area (TPSA) is 55.6 Å². The highest BCUT2D eigenvalue weighted by Gasteiger charge is 2.26. The Hall–Kier alpha value is -2.28. The zero-order valence-electron chi connectivity index (χ0n) is 14.2. The van der Waals surface area contributed by atoms with Gasteiger partial charge in [0.1, 0.15) is 11.6 Å². The molecule has 7 heteroatoms. The van der Waals surface area contributed by atoms with Crippen LogP contribution in [0.1, 0.15) is 26.2 Å². The molecule has 25 heavy (non-hydrogen) atoms. The average molecular weight is 350 g/mol. The quantitative estimate of drug-likeness (QED) is 0.850. The molecule has 0 spiro atoms. The van der Waals surface area contributed by atoms with E-state index in [1.54, 1.807) is 4.90 Å². The number of hydrogen-bond acceptors (Lipinski definition) is 4. The molecule has 1 saturated heterocycles. The summed E-state index contributed by atoms with van der Waals surface area (Å²) in [5.41, 5.74) is -0.247. The molecule has 0 radical (unpaired) electrons. The van der Waals surface area contributed by atoms with E-state index in [-0.39, 0.29) is 48.2 Å². The normalized spacial score (nSPS) is 20.7. The van der Waals surface area contributed by atoms with Gasteiger partial charge in [0.25, 0.3) is 0 Å². The number of aromatic nitrogens is 1. The van der Waals surface area contributed by atoms with Crippen LogP contribution in [0.3, 0.4) is 0 Å². The van der Waals surface area contributed by atoms with E-state index in [0.29, 0.717) is 13.1 Å². The van der Waals surface area contributed by atoms with E-state index < -0.39 is 11.6 Å². The lowest BCUT2D eigenvalue weighted by atomic mass is 10.1. The van der Waals surface area contributed by atoms with Crippen LogP contribution in [0, 0.1) is 11.6 Å². The van der Waals surface area contributed by atoms with Crippen molar-refractivity contribution in [2.75, 3.05) is 13.1 Å². The molecule has 1 aromatic carbocycles. The van der Waals surface area contributed by atoms with Crippen LogP contribution in [0.4, 0.5) is 8.78 Å². The number of benzene rings is 1. The molecule has 1 amide bonds. The van der Waals surface area contributed by atoms with Crippen molar-refractivity contribution in [1.29, 1.82) is 0 Å². The molecule has 2 aromatic rings. The molecule has 0 unspecified atom stereocenters. The van der Waals surface area contributed by atoms with E-state index in [1.165, 1.54) is 12.3 Å². The van der Waals surface area contributed by atoms with Gasteiger partial charge >= 0.3 is 0 Å². The van der Waals surface area contributed by atoms with Crippen LogP contribution >= 0.6 is 0 Å². The van der Waals surface area contributed by atoms with Crippen molar-refractivity contribution in [1.82, 2.24) is 9.88 Å². The van der Waals surface area contributed by atoms with E-state index in [9.17, 15) is 13.6 Å². The Morgan fingerprint density at radius 1 is 1.24 bits per heavy atom. The molecule has 1 fully saturated rings. The number of rotatable bonds is 4. The SMILES string of the molecule is C[C@@H]1CN(C(=O)CCc2ncc(-c3c(F)cccc3F)o2)C[C@H](C)O1. The summed E-state index contributed by atoms with van der Waals surface area (Å²) < 4.78 is 38.6. The minimum atomic E-state index is -0.713. The summed E-state index contributed by atoms with van der Waals surface area (Å²) >= 11 is 0. The summed E-state index contributed by atoms with van der Waals surface area (Å²) in [6.07, 6.45) is 1.78. The zero-order valence-corrected chi connectivity index (χ0v) is 14.2. The van der Waals surface area contributed by atoms with E-state index in [2.05, 4.69) is 4.98 Å². The molecule has 1 aliphatic heterocycles. The lowest BCUT2D eigenvalue weighted by Crippen LogP contribution is -2.48. The van der Waals surface area contributed by atoms with Crippen LogP contribution in [-0.4, -0.2) is 41.1 Å². The molecule has 0 N–H and O–H groups in total. The highest BCUT2D eigenvalue weighted by Crippen LogP contribution is 2.27. The average Bonchev–Trinajstić information content (AvgIpc) is 3.00. The third kappa shape index (κ3) is 4.04. The first-order valence-corrected chi connectivity index (χ1v) is 8.26. The summed E-state index contributed by atoms with van der Waals surface area (Å²) in [5.74, 6) is -1.14. The van der Waals surface area contributed by atoms with Gasteiger partial charge in [0.15, 0.2) is 11.7 Å². The van der Waals surface area contributed by atoms with Crippen molar-refractivity contribution >= 4 is 5.91 Å². The number of aryl methyl sites for hydroxylation is 1. The molecule has 1 aromatic heterocycles. The van der Waals surface area contributed by atoms with Crippen molar-refractivity contribution in [2.45, 2.75) is 38.9 Å². The largest absolute Gasteiger partial charge is 0.441 e. The van der Waals surface area contributed by atoms with E-state index in [1.807, 2.05) is 13.8 Å². The number of hydrogen-bond donors (Lipinski definition) is 0. The van der Waals surface area contributed by atoms with Crippen molar-refractivity contribution in [3.05, 3.63) is 41.9 Å². The lowest BCUT2D eigenvalue weighted by Gasteiger charge is -2.35. The van der Waals surface area contributed by atoms with E-state index in [0.717, 1.165) is 12.1 Å². The van der Waals surface area contributed by atoms with Crippen LogP contribution in [0.25, 0.3) is 11.3 Å². The van der Waals surface area contributed by atoms with Crippen LogP contribution in [0.2, 0.25) is 0 Å². The second-order valence-corrected chi connectivity index (χ2v) is 6.27. The van der Waals surface area contributed by atoms with Crippen LogP contribution in [-0.2, 0) is 16.0 Å². The van der Waals surface area contributed by atoms with Crippen molar-refractivity contribution < 1.29 is 22.7 Å². The number of carbonyl (C=O) groups is 1. The van der Waals surface area contributed by atoms with Gasteiger partial charge in [0.2, 0.25) is 5.91 Å². The number of ether oxygens (including phenoxy) is 1. The third-order valence-electron chi connectivity index (χ3n) is 4.09. The van der Waals surface area contributed by atoms with Crippen LogP contribution < -0.4 is 0 Å². The third-order valence-corrected chi connectivity index (χ3v) is 4.09. The lowest BCUT2D eigenvalue weighted by molar-refractivity contribution is -0.143. The molecule has 1 aliphatic rings. The fourth-order valence-corrected chi connectivity index (χ4v) is 3.03. The molecule has 5 nitrogen and oxygen atoms in total. The highest BCUT2D eigenvalue weighted by molar-refractivity contribution is 5.76. The summed E-state index contributed by atoms with van der Waals surface area (Å²) in [6, 6.07) is 3.60. The number of nitrogens with zero attached hydrogens (tertiary/aromatic N) is 2. The maximum atomic E-state index is 13.8. The standard InChI is InChI=1S/C18H20F2N2O3/c1-11-9-22(10-12(2)24-11)17(23)7-6-16-21-8-15(25-16)18-13(19)4-3-5-14(18)20/h3-5,8,11-12H,6-7,9-10H2,1-2H3/t11-,12+. The number of amides is 1. The molecule has 134 valence electrons. The summed E-state index contributed by atoms with van der Waals surface area (Å²) in [5, 5.41) is 0. The molecular weight excluding hydrogens is 330 g/mol. The molecule has 2 atom stereocenters. The predicted molar refractivity (Wildman–Crippen MR) is 86.8 cm³/mol. The molecule has 2 heterocycles. The predicted octanol–water partition coefficient (Wildman–Crippen LogP) is 3.19. The first-order chi connectivity index (χ1) is 11.9. The first-order valence-electron chi connectivity index (χ1n) is 8.26. The fourth-order valence-electron chi connectivity index (χ4n) is 3.03. The fraction of sp³-hybridized carbons (Fsp3) is 0.444. The Morgan fingerprint density at radius 3 is 2.52 bits per heavy atom. The zero-order chi connectivity index (χ0) is 18.0. The van der Waals surface area contributed by atoms with Gasteiger partial charge < -0.3 is 14.1 Å². The molecular formula is C18H20F2N2O3. The second-order valence-electron chi connectivity index (χ2n) is 6.27. The van der Waals surface area contributed by atoms with Gasteiger partial charge in [0, 0.05) is 25.9 Å². The van der Waals surface area contributed by atoms with Crippen LogP contribution in [0.5, 0.6) is 0 Å². The first kappa shape index (κ1) is 17.5. The maximum Gasteiger partial charge on any atom is 0.223 e. The minimum absolute atomic E-state index is 0.00470. The molecule has 0 saturated carbocycles. The van der Waals surface area contributed by atoms with Gasteiger partial charge in [-0.2, -0.15) is 0 Å². The summed E-state index contributed by atoms with van der Waals surface area (Å²) in [4.78, 5) is 18.1. The van der Waals surface area contributed by atoms with Gasteiger partial charge in [-0.3, -0.25) is 4.79 Å². The van der Waals surface area contributed by atoms with Gasteiger partial charge in [-0.25, -0.2) is 13.8 Å². The summed E-state index contributed by atoms with van der Waals surface area (Å²) in [7, 11) is 0. The Labute approximate surface area is 144 Å². The van der Waals surface area contributed by atoms with Gasteiger partial charge in [-0.05, 0) is 26.0 Å². The Morgan fingerprint density at radius 2 is 1.88 bits per heavy atom. The number of halogens is 2. The van der Waals surface area contributed by atoms with Crippen molar-refractivity contribution in [2.24, 2.45) is 0 Å². The Balaban J connectivity index is 1.63.